The molecule has 0 aromatic carbocycles. The average Bonchev–Trinajstić information content (AvgIpc) is 2.91. The van der Waals surface area contributed by atoms with Gasteiger partial charge in [0.15, 0.2) is 6.61 Å². The van der Waals surface area contributed by atoms with Crippen LogP contribution in [0.1, 0.15) is 72.1 Å². The van der Waals surface area contributed by atoms with Crippen LogP contribution in [0.25, 0.3) is 0 Å². The van der Waals surface area contributed by atoms with Gasteiger partial charge in [0.1, 0.15) is 11.4 Å². The zero-order chi connectivity index (χ0) is 21.2. The predicted molar refractivity (Wildman–Crippen MR) is 105 cm³/mol. The molecule has 162 valence electrons. The molecule has 0 aromatic rings. The quantitative estimate of drug-likeness (QED) is 0.698. The maximum Gasteiger partial charge on any atom is 0.303 e. The van der Waals surface area contributed by atoms with Crippen molar-refractivity contribution >= 4 is 17.5 Å². The third-order valence-corrected chi connectivity index (χ3v) is 9.35. The van der Waals surface area contributed by atoms with Gasteiger partial charge in [-0.25, -0.2) is 0 Å². The van der Waals surface area contributed by atoms with E-state index in [2.05, 4.69) is 6.92 Å². The first-order valence-electron chi connectivity index (χ1n) is 11.1. The number of carbonyl (C=O) groups is 3. The highest BCUT2D eigenvalue weighted by molar-refractivity contribution is 5.93. The van der Waals surface area contributed by atoms with Gasteiger partial charge in [0.2, 0.25) is 5.78 Å². The van der Waals surface area contributed by atoms with Crippen LogP contribution in [0.3, 0.4) is 0 Å². The van der Waals surface area contributed by atoms with E-state index in [0.29, 0.717) is 12.3 Å². The number of hydrogen-bond acceptors (Lipinski definition) is 6. The van der Waals surface area contributed by atoms with Crippen LogP contribution in [0, 0.1) is 34.5 Å². The fourth-order valence-corrected chi connectivity index (χ4v) is 7.80. The van der Waals surface area contributed by atoms with E-state index in [1.54, 1.807) is 0 Å². The van der Waals surface area contributed by atoms with E-state index in [4.69, 9.17) is 4.74 Å². The van der Waals surface area contributed by atoms with Gasteiger partial charge in [0, 0.05) is 24.7 Å². The Bertz CT molecular complexity index is 733. The van der Waals surface area contributed by atoms with E-state index in [-0.39, 0.29) is 41.5 Å². The fourth-order valence-electron chi connectivity index (χ4n) is 7.80. The van der Waals surface area contributed by atoms with E-state index in [9.17, 15) is 24.6 Å². The van der Waals surface area contributed by atoms with E-state index in [1.165, 1.54) is 6.92 Å². The Morgan fingerprint density at radius 2 is 1.86 bits per heavy atom. The number of ether oxygens (including phenoxy) is 1. The Labute approximate surface area is 172 Å². The van der Waals surface area contributed by atoms with Crippen LogP contribution in [0.5, 0.6) is 0 Å². The van der Waals surface area contributed by atoms with Crippen molar-refractivity contribution in [1.82, 2.24) is 0 Å². The Balaban J connectivity index is 1.63. The van der Waals surface area contributed by atoms with Crippen molar-refractivity contribution < 1.29 is 29.3 Å². The summed E-state index contributed by atoms with van der Waals surface area (Å²) in [5.74, 6) is -0.256. The second-order valence-corrected chi connectivity index (χ2v) is 10.6. The second-order valence-electron chi connectivity index (χ2n) is 10.6. The molecule has 4 rings (SSSR count). The van der Waals surface area contributed by atoms with Crippen LogP contribution < -0.4 is 0 Å². The first-order chi connectivity index (χ1) is 13.5. The van der Waals surface area contributed by atoms with Crippen molar-refractivity contribution in [3.63, 3.8) is 0 Å². The van der Waals surface area contributed by atoms with Gasteiger partial charge in [-0.05, 0) is 68.1 Å². The molecule has 0 amide bonds. The lowest BCUT2D eigenvalue weighted by Gasteiger charge is -2.60. The molecule has 0 heterocycles. The van der Waals surface area contributed by atoms with Crippen molar-refractivity contribution in [3.05, 3.63) is 0 Å². The minimum atomic E-state index is -1.62. The van der Waals surface area contributed by atoms with Crippen LogP contribution in [0.2, 0.25) is 0 Å². The second kappa shape index (κ2) is 6.88. The van der Waals surface area contributed by atoms with Crippen LogP contribution in [0.4, 0.5) is 0 Å². The number of carbonyl (C=O) groups excluding carboxylic acids is 3. The predicted octanol–water partition coefficient (Wildman–Crippen LogP) is 2.43. The Kier molecular flexibility index (Phi) is 4.97. The largest absolute Gasteiger partial charge is 0.458 e. The van der Waals surface area contributed by atoms with Crippen molar-refractivity contribution in [2.45, 2.75) is 83.8 Å². The van der Waals surface area contributed by atoms with Gasteiger partial charge < -0.3 is 14.9 Å². The fraction of sp³-hybridized carbons (Fsp3) is 0.870. The van der Waals surface area contributed by atoms with Crippen molar-refractivity contribution in [2.24, 2.45) is 34.5 Å². The third-order valence-electron chi connectivity index (χ3n) is 9.35. The number of fused-ring (bicyclic) bond motifs is 5. The maximum atomic E-state index is 13.5. The lowest BCUT2D eigenvalue weighted by Crippen LogP contribution is -2.62. The number of esters is 1. The molecule has 0 spiro atoms. The van der Waals surface area contributed by atoms with Gasteiger partial charge in [-0.3, -0.25) is 14.4 Å². The summed E-state index contributed by atoms with van der Waals surface area (Å²) in [6.45, 7) is 4.93. The van der Waals surface area contributed by atoms with Gasteiger partial charge in [0.25, 0.3) is 0 Å². The molecule has 4 saturated carbocycles. The summed E-state index contributed by atoms with van der Waals surface area (Å²) < 4.78 is 4.88. The lowest BCUT2D eigenvalue weighted by molar-refractivity contribution is -0.181. The Hall–Kier alpha value is -1.27. The highest BCUT2D eigenvalue weighted by atomic mass is 16.5. The number of rotatable bonds is 3. The minimum Gasteiger partial charge on any atom is -0.458 e. The highest BCUT2D eigenvalue weighted by Gasteiger charge is 2.69. The molecule has 4 fully saturated rings. The van der Waals surface area contributed by atoms with Crippen molar-refractivity contribution in [2.75, 3.05) is 6.61 Å². The van der Waals surface area contributed by atoms with E-state index < -0.39 is 29.4 Å². The molecule has 0 bridgehead atoms. The van der Waals surface area contributed by atoms with Crippen molar-refractivity contribution in [1.29, 1.82) is 0 Å². The molecule has 4 aliphatic carbocycles. The molecule has 6 nitrogen and oxygen atoms in total. The first-order valence-corrected chi connectivity index (χ1v) is 11.1. The minimum absolute atomic E-state index is 0.0438. The monoisotopic (exact) mass is 406 g/mol. The maximum absolute atomic E-state index is 13.5. The molecule has 8 atom stereocenters. The van der Waals surface area contributed by atoms with Crippen LogP contribution in [0.15, 0.2) is 0 Å². The normalized spacial score (nSPS) is 49.0. The molecule has 4 aliphatic rings. The summed E-state index contributed by atoms with van der Waals surface area (Å²) in [7, 11) is 0. The van der Waals surface area contributed by atoms with E-state index in [0.717, 1.165) is 38.5 Å². The summed E-state index contributed by atoms with van der Waals surface area (Å²) >= 11 is 0. The first kappa shape index (κ1) is 21.0. The van der Waals surface area contributed by atoms with Gasteiger partial charge >= 0.3 is 5.97 Å². The molecule has 29 heavy (non-hydrogen) atoms. The SMILES string of the molecule is CC(=O)OCC(=O)[C@]1(O)CC[C@@H]2[C@H]3CC[C@H]4C[C@H](O)CC[C@]4(C)[C@@H]3C(=O)C[C@@]21C. The summed E-state index contributed by atoms with van der Waals surface area (Å²) in [4.78, 5) is 37.5. The molecular formula is C23H34O6. The smallest absolute Gasteiger partial charge is 0.303 e. The van der Waals surface area contributed by atoms with Gasteiger partial charge in [-0.1, -0.05) is 13.8 Å². The lowest BCUT2D eigenvalue weighted by atomic mass is 9.44. The summed E-state index contributed by atoms with van der Waals surface area (Å²) in [6, 6.07) is 0. The number of Topliss-reactive ketones (excluding diaryl/α,β-unsaturated/α-hetero) is 2. The highest BCUT2D eigenvalue weighted by Crippen LogP contribution is 2.67. The number of aliphatic hydroxyl groups excluding tert-OH is 1. The van der Waals surface area contributed by atoms with Crippen LogP contribution in [-0.4, -0.2) is 46.1 Å². The van der Waals surface area contributed by atoms with E-state index >= 15 is 0 Å². The summed E-state index contributed by atoms with van der Waals surface area (Å²) in [5.41, 5.74) is -2.52. The standard InChI is InChI=1S/C23H34O6/c1-13(24)29-12-19(27)23(28)9-7-17-16-5-4-14-10-15(25)6-8-21(14,2)20(16)18(26)11-22(17,23)3/h14-17,20,25,28H,4-12H2,1-3H3/t14-,15+,16+,17+,20-,21-,22-,23+/m0/s1. The molecule has 0 unspecified atom stereocenters. The molecule has 6 heteroatoms. The molecule has 0 radical (unpaired) electrons. The Morgan fingerprint density at radius 1 is 1.14 bits per heavy atom. The summed E-state index contributed by atoms with van der Waals surface area (Å²) in [6.07, 6.45) is 5.28. The van der Waals surface area contributed by atoms with Gasteiger partial charge in [0.05, 0.1) is 6.10 Å². The molecule has 0 saturated heterocycles. The van der Waals surface area contributed by atoms with Crippen LogP contribution >= 0.6 is 0 Å². The van der Waals surface area contributed by atoms with Gasteiger partial charge in [-0.2, -0.15) is 0 Å². The van der Waals surface area contributed by atoms with Crippen molar-refractivity contribution in [3.8, 4) is 0 Å². The number of hydrogen-bond donors (Lipinski definition) is 2. The molecule has 2 N–H and O–H groups in total. The zero-order valence-electron chi connectivity index (χ0n) is 17.8. The van der Waals surface area contributed by atoms with E-state index in [1.807, 2.05) is 6.92 Å². The average molecular weight is 407 g/mol. The molecule has 0 aliphatic heterocycles. The zero-order valence-corrected chi connectivity index (χ0v) is 17.8. The topological polar surface area (TPSA) is 101 Å². The third kappa shape index (κ3) is 2.93. The Morgan fingerprint density at radius 3 is 2.55 bits per heavy atom. The molecule has 0 aromatic heterocycles. The molecular weight excluding hydrogens is 372 g/mol. The number of aliphatic hydroxyl groups is 2. The van der Waals surface area contributed by atoms with Crippen LogP contribution in [-0.2, 0) is 19.1 Å². The number of ketones is 2. The van der Waals surface area contributed by atoms with Gasteiger partial charge in [-0.15, -0.1) is 0 Å². The summed E-state index contributed by atoms with van der Waals surface area (Å²) in [5, 5.41) is 21.6.